The van der Waals surface area contributed by atoms with Crippen molar-refractivity contribution in [1.29, 1.82) is 0 Å². The highest BCUT2D eigenvalue weighted by molar-refractivity contribution is 6.30. The summed E-state index contributed by atoms with van der Waals surface area (Å²) in [5.74, 6) is 0.564. The molecule has 0 aliphatic carbocycles. The normalized spacial score (nSPS) is 10.6. The van der Waals surface area contributed by atoms with Gasteiger partial charge in [0.15, 0.2) is 0 Å². The monoisotopic (exact) mass is 428 g/mol. The quantitative estimate of drug-likeness (QED) is 0.438. The Morgan fingerprint density at radius 3 is 2.50 bits per heavy atom. The molecular formula is C21H21ClN4O4. The minimum absolute atomic E-state index is 0.0485. The second-order valence-corrected chi connectivity index (χ2v) is 6.84. The number of aromatic nitrogens is 2. The molecule has 9 heteroatoms. The third-order valence-electron chi connectivity index (χ3n) is 4.13. The molecule has 1 aromatic heterocycles. The predicted molar refractivity (Wildman–Crippen MR) is 114 cm³/mol. The number of carboxylic acids is 1. The molecule has 5 N–H and O–H groups in total. The molecule has 8 nitrogen and oxygen atoms in total. The van der Waals surface area contributed by atoms with Crippen molar-refractivity contribution in [1.82, 2.24) is 9.97 Å². The molecule has 0 atom stereocenters. The lowest BCUT2D eigenvalue weighted by atomic mass is 10.0. The highest BCUT2D eigenvalue weighted by atomic mass is 35.5. The molecule has 0 bridgehead atoms. The maximum Gasteiger partial charge on any atom is 0.303 e. The zero-order chi connectivity index (χ0) is 21.5. The summed E-state index contributed by atoms with van der Waals surface area (Å²) in [6, 6.07) is 14.2. The summed E-state index contributed by atoms with van der Waals surface area (Å²) in [7, 11) is 0. The van der Waals surface area contributed by atoms with Gasteiger partial charge >= 0.3 is 5.97 Å². The molecule has 0 aliphatic rings. The van der Waals surface area contributed by atoms with Gasteiger partial charge in [0.05, 0.1) is 12.3 Å². The van der Waals surface area contributed by atoms with E-state index in [1.165, 1.54) is 0 Å². The maximum absolute atomic E-state index is 10.6. The Kier molecular flexibility index (Phi) is 6.92. The zero-order valence-corrected chi connectivity index (χ0v) is 16.8. The van der Waals surface area contributed by atoms with Crippen molar-refractivity contribution in [3.8, 4) is 22.6 Å². The largest absolute Gasteiger partial charge is 0.493 e. The second-order valence-electron chi connectivity index (χ2n) is 6.41. The van der Waals surface area contributed by atoms with E-state index in [0.717, 1.165) is 5.56 Å². The van der Waals surface area contributed by atoms with Crippen LogP contribution in [0.15, 0.2) is 48.5 Å². The second kappa shape index (κ2) is 9.80. The van der Waals surface area contributed by atoms with Crippen molar-refractivity contribution in [2.24, 2.45) is 0 Å². The zero-order valence-electron chi connectivity index (χ0n) is 16.0. The van der Waals surface area contributed by atoms with Crippen LogP contribution in [0, 0.1) is 0 Å². The van der Waals surface area contributed by atoms with E-state index >= 15 is 0 Å². The lowest BCUT2D eigenvalue weighted by Crippen LogP contribution is -2.09. The number of hydrogen-bond acceptors (Lipinski definition) is 7. The molecule has 3 rings (SSSR count). The number of ether oxygens (including phenoxy) is 2. The Morgan fingerprint density at radius 2 is 1.77 bits per heavy atom. The van der Waals surface area contributed by atoms with Gasteiger partial charge in [0.2, 0.25) is 5.95 Å². The van der Waals surface area contributed by atoms with Gasteiger partial charge < -0.3 is 26.0 Å². The van der Waals surface area contributed by atoms with Gasteiger partial charge in [0.25, 0.3) is 0 Å². The van der Waals surface area contributed by atoms with Gasteiger partial charge in [0.1, 0.15) is 23.9 Å². The Hall–Kier alpha value is -3.52. The van der Waals surface area contributed by atoms with Crippen LogP contribution in [0.3, 0.4) is 0 Å². The smallest absolute Gasteiger partial charge is 0.303 e. The fraction of sp³-hybridized carbons (Fsp3) is 0.190. The molecule has 1 heterocycles. The van der Waals surface area contributed by atoms with E-state index < -0.39 is 5.97 Å². The van der Waals surface area contributed by atoms with E-state index in [1.54, 1.807) is 36.4 Å². The summed E-state index contributed by atoms with van der Waals surface area (Å²) in [4.78, 5) is 18.9. The maximum atomic E-state index is 10.6. The van der Waals surface area contributed by atoms with E-state index in [4.69, 9.17) is 37.6 Å². The number of nitrogens with two attached hydrogens (primary N) is 2. The highest BCUT2D eigenvalue weighted by Crippen LogP contribution is 2.31. The summed E-state index contributed by atoms with van der Waals surface area (Å²) in [6.07, 6.45) is 0.474. The minimum atomic E-state index is -0.852. The third kappa shape index (κ3) is 5.74. The van der Waals surface area contributed by atoms with Crippen molar-refractivity contribution in [3.05, 3.63) is 59.2 Å². The first-order valence-electron chi connectivity index (χ1n) is 9.17. The lowest BCUT2D eigenvalue weighted by molar-refractivity contribution is -0.137. The van der Waals surface area contributed by atoms with Gasteiger partial charge in [-0.3, -0.25) is 4.79 Å². The molecular weight excluding hydrogens is 408 g/mol. The summed E-state index contributed by atoms with van der Waals surface area (Å²) >= 11 is 6.11. The van der Waals surface area contributed by atoms with Crippen LogP contribution in [-0.4, -0.2) is 27.7 Å². The van der Waals surface area contributed by atoms with Crippen LogP contribution in [0.5, 0.6) is 11.5 Å². The first-order valence-corrected chi connectivity index (χ1v) is 9.55. The van der Waals surface area contributed by atoms with Gasteiger partial charge in [-0.2, -0.15) is 4.98 Å². The number of carbonyl (C=O) groups is 1. The Balaban J connectivity index is 1.74. The van der Waals surface area contributed by atoms with E-state index in [2.05, 4.69) is 9.97 Å². The molecule has 3 aromatic rings. The van der Waals surface area contributed by atoms with E-state index in [1.807, 2.05) is 12.1 Å². The SMILES string of the molecule is Nc1nc(N)c(-c2cccc(Cl)c2)c(COc2cccc(OCCCC(=O)O)c2)n1. The molecule has 0 radical (unpaired) electrons. The van der Waals surface area contributed by atoms with Gasteiger partial charge in [-0.1, -0.05) is 29.8 Å². The highest BCUT2D eigenvalue weighted by Gasteiger charge is 2.15. The third-order valence-corrected chi connectivity index (χ3v) is 4.36. The summed E-state index contributed by atoms with van der Waals surface area (Å²) in [5.41, 5.74) is 13.8. The molecule has 2 aromatic carbocycles. The molecule has 0 unspecified atom stereocenters. The van der Waals surface area contributed by atoms with Crippen molar-refractivity contribution in [2.45, 2.75) is 19.4 Å². The molecule has 0 saturated heterocycles. The first-order chi connectivity index (χ1) is 14.4. The fourth-order valence-electron chi connectivity index (χ4n) is 2.83. The number of halogens is 1. The van der Waals surface area contributed by atoms with Crippen molar-refractivity contribution in [2.75, 3.05) is 18.1 Å². The Labute approximate surface area is 178 Å². The standard InChI is InChI=1S/C21H21ClN4O4/c22-14-5-1-4-13(10-14)19-17(25-21(24)26-20(19)23)12-30-16-7-2-6-15(11-16)29-9-3-8-18(27)28/h1-2,4-7,10-11H,3,8-9,12H2,(H,27,28)(H4,23,24,25,26). The van der Waals surface area contributed by atoms with Crippen LogP contribution in [0.2, 0.25) is 5.02 Å². The average molecular weight is 429 g/mol. The van der Waals surface area contributed by atoms with Crippen LogP contribution >= 0.6 is 11.6 Å². The number of aliphatic carboxylic acids is 1. The number of nitrogen functional groups attached to an aromatic ring is 2. The van der Waals surface area contributed by atoms with Crippen molar-refractivity contribution < 1.29 is 19.4 Å². The van der Waals surface area contributed by atoms with Gasteiger partial charge in [0, 0.05) is 23.1 Å². The van der Waals surface area contributed by atoms with Crippen LogP contribution in [-0.2, 0) is 11.4 Å². The van der Waals surface area contributed by atoms with Crippen LogP contribution < -0.4 is 20.9 Å². The molecule has 30 heavy (non-hydrogen) atoms. The Bertz CT molecular complexity index is 1050. The lowest BCUT2D eigenvalue weighted by Gasteiger charge is -2.14. The number of benzene rings is 2. The van der Waals surface area contributed by atoms with Crippen LogP contribution in [0.1, 0.15) is 18.5 Å². The molecule has 0 aliphatic heterocycles. The molecule has 156 valence electrons. The number of rotatable bonds is 9. The van der Waals surface area contributed by atoms with Crippen molar-refractivity contribution in [3.63, 3.8) is 0 Å². The molecule has 0 amide bonds. The van der Waals surface area contributed by atoms with Gasteiger partial charge in [-0.25, -0.2) is 4.98 Å². The van der Waals surface area contributed by atoms with E-state index in [-0.39, 0.29) is 24.8 Å². The number of hydrogen-bond donors (Lipinski definition) is 3. The van der Waals surface area contributed by atoms with Crippen LogP contribution in [0.25, 0.3) is 11.1 Å². The molecule has 0 saturated carbocycles. The average Bonchev–Trinajstić information content (AvgIpc) is 2.69. The van der Waals surface area contributed by atoms with Gasteiger partial charge in [-0.05, 0) is 36.2 Å². The minimum Gasteiger partial charge on any atom is -0.493 e. The fourth-order valence-corrected chi connectivity index (χ4v) is 3.02. The number of carboxylic acid groups (broad SMARTS) is 1. The number of anilines is 2. The molecule has 0 spiro atoms. The summed E-state index contributed by atoms with van der Waals surface area (Å²) < 4.78 is 11.4. The Morgan fingerprint density at radius 1 is 1.03 bits per heavy atom. The molecule has 0 fully saturated rings. The first kappa shape index (κ1) is 21.2. The van der Waals surface area contributed by atoms with Crippen molar-refractivity contribution >= 4 is 29.3 Å². The summed E-state index contributed by atoms with van der Waals surface area (Å²) in [5, 5.41) is 9.24. The predicted octanol–water partition coefficient (Wildman–Crippen LogP) is 3.78. The van der Waals surface area contributed by atoms with E-state index in [9.17, 15) is 4.79 Å². The summed E-state index contributed by atoms with van der Waals surface area (Å²) in [6.45, 7) is 0.398. The number of nitrogens with zero attached hydrogens (tertiary/aromatic N) is 2. The topological polar surface area (TPSA) is 134 Å². The van der Waals surface area contributed by atoms with E-state index in [0.29, 0.717) is 40.8 Å². The van der Waals surface area contributed by atoms with Crippen LogP contribution in [0.4, 0.5) is 11.8 Å². The van der Waals surface area contributed by atoms with Gasteiger partial charge in [-0.15, -0.1) is 0 Å².